The smallest absolute Gasteiger partial charge is 0.202 e. The first-order valence-electron chi connectivity index (χ1n) is 3.99. The Bertz CT molecular complexity index is 176. The van der Waals surface area contributed by atoms with Crippen LogP contribution in [0.2, 0.25) is 4.44 Å². The summed E-state index contributed by atoms with van der Waals surface area (Å²) in [6, 6.07) is 0. The molecule has 0 aromatic carbocycles. The number of unbranched alkanes of at least 4 members (excludes halogenated alkanes) is 2. The zero-order valence-corrected chi connectivity index (χ0v) is 13.9. The molecule has 0 aliphatic heterocycles. The number of rotatable bonds is 4. The van der Waals surface area contributed by atoms with Crippen LogP contribution in [0.1, 0.15) is 19.3 Å². The van der Waals surface area contributed by atoms with Gasteiger partial charge in [0.05, 0.1) is 0 Å². The van der Waals surface area contributed by atoms with Gasteiger partial charge in [0.1, 0.15) is 0 Å². The van der Waals surface area contributed by atoms with Crippen LogP contribution in [-0.4, -0.2) is 44.8 Å². The van der Waals surface area contributed by atoms with Crippen LogP contribution in [0.15, 0.2) is 0 Å². The molecule has 8 heteroatoms. The van der Waals surface area contributed by atoms with Crippen molar-refractivity contribution in [3.63, 3.8) is 0 Å². The molecule has 0 rings (SSSR count). The molecule has 3 radical (unpaired) electrons. The van der Waals surface area contributed by atoms with Gasteiger partial charge >= 0.3 is 58.5 Å². The van der Waals surface area contributed by atoms with Crippen molar-refractivity contribution in [3.05, 3.63) is 0 Å². The Hall–Kier alpha value is 0.159. The molecule has 0 bridgehead atoms. The number of thiocarbonyl (C=S) groups is 3. The fourth-order valence-electron chi connectivity index (χ4n) is 0.446. The summed E-state index contributed by atoms with van der Waals surface area (Å²) in [5, 5.41) is 3.25. The van der Waals surface area contributed by atoms with Crippen molar-refractivity contribution in [3.8, 4) is 0 Å². The van der Waals surface area contributed by atoms with Crippen molar-refractivity contribution >= 4 is 74.9 Å². The fourth-order valence-corrected chi connectivity index (χ4v) is 1.16. The number of nitrogens with two attached hydrogens (primary N) is 1. The van der Waals surface area contributed by atoms with E-state index in [9.17, 15) is 0 Å². The molecule has 0 aliphatic carbocycles. The Balaban J connectivity index is -0.0000000677. The maximum absolute atomic E-state index is 8.50. The van der Waals surface area contributed by atoms with Gasteiger partial charge in [0.15, 0.2) is 0 Å². The molecule has 0 fully saturated rings. The van der Waals surface area contributed by atoms with Crippen LogP contribution >= 0.6 is 36.7 Å². The molecule has 0 atom stereocenters. The molecule has 16 heavy (non-hydrogen) atoms. The minimum Gasteiger partial charge on any atom is -0.220 e. The van der Waals surface area contributed by atoms with Gasteiger partial charge in [0.2, 0.25) is 15.7 Å². The Morgan fingerprint density at radius 1 is 0.875 bits per heavy atom. The molecule has 89 valence electrons. The van der Waals surface area contributed by atoms with Gasteiger partial charge in [0.25, 0.3) is 0 Å². The van der Waals surface area contributed by atoms with Gasteiger partial charge in [-0.3, -0.25) is 0 Å². The Labute approximate surface area is 124 Å². The minimum absolute atomic E-state index is 0.871. The fraction of sp³-hybridized carbons (Fsp3) is 0.625. The monoisotopic (exact) mass is 386 g/mol. The molecule has 0 saturated carbocycles. The molecule has 2 N–H and O–H groups in total. The second-order valence-corrected chi connectivity index (χ2v) is 3.78. The van der Waals surface area contributed by atoms with Gasteiger partial charge in [0, 0.05) is 36.7 Å². The van der Waals surface area contributed by atoms with E-state index in [4.69, 9.17) is 20.1 Å². The van der Waals surface area contributed by atoms with Gasteiger partial charge in [-0.15, -0.1) is 0 Å². The molecule has 0 aromatic heterocycles. The van der Waals surface area contributed by atoms with Crippen molar-refractivity contribution in [1.29, 1.82) is 0 Å². The average Bonchev–Trinajstić information content (AvgIpc) is 2.22. The molecule has 0 aliphatic rings. The van der Waals surface area contributed by atoms with Crippen LogP contribution in [0.25, 0.3) is 0 Å². The minimum atomic E-state index is 0.871. The third kappa shape index (κ3) is 142. The molecular weight excluding hydrogens is 373 g/mol. The van der Waals surface area contributed by atoms with Crippen molar-refractivity contribution in [2.45, 2.75) is 23.7 Å². The van der Waals surface area contributed by atoms with E-state index in [1.165, 1.54) is 23.7 Å². The second kappa shape index (κ2) is 45.7. The molecule has 0 amide bonds. The summed E-state index contributed by atoms with van der Waals surface area (Å²) in [5.74, 6) is 0. The van der Waals surface area contributed by atoms with Crippen molar-refractivity contribution in [1.82, 2.24) is 0 Å². The third-order valence-electron chi connectivity index (χ3n) is 0.881. The molecule has 0 aromatic rings. The molecule has 0 heterocycles. The summed E-state index contributed by atoms with van der Waals surface area (Å²) in [4.78, 5) is 25.5. The van der Waals surface area contributed by atoms with E-state index >= 15 is 0 Å². The predicted octanol–water partition coefficient (Wildman–Crippen LogP) is 1.46. The summed E-state index contributed by atoms with van der Waals surface area (Å²) >= 11 is 12.4. The first-order valence-corrected chi connectivity index (χ1v) is 7.23. The van der Waals surface area contributed by atoms with E-state index in [1.807, 2.05) is 0 Å². The molecule has 0 spiro atoms. The van der Waals surface area contributed by atoms with Gasteiger partial charge in [-0.2, -0.15) is 0 Å². The zero-order valence-electron chi connectivity index (χ0n) is 8.56. The standard InChI is InChI=1S/C5H12N.3COS.Sn/c1-2-3-4-5-6;3*2-1-3;/h1-6H2;;;;. The predicted molar refractivity (Wildman–Crippen MR) is 73.3 cm³/mol. The van der Waals surface area contributed by atoms with Crippen LogP contribution in [0.4, 0.5) is 0 Å². The summed E-state index contributed by atoms with van der Waals surface area (Å²) < 4.78 is 1.40. The van der Waals surface area contributed by atoms with Crippen LogP contribution in [0.5, 0.6) is 0 Å². The van der Waals surface area contributed by atoms with Crippen molar-refractivity contribution in [2.75, 3.05) is 6.54 Å². The Kier molecular flexibility index (Phi) is 71.7. The van der Waals surface area contributed by atoms with E-state index in [-0.39, 0.29) is 0 Å². The Morgan fingerprint density at radius 3 is 1.38 bits per heavy atom. The van der Waals surface area contributed by atoms with E-state index in [1.54, 1.807) is 22.5 Å². The van der Waals surface area contributed by atoms with Crippen molar-refractivity contribution in [2.24, 2.45) is 5.73 Å². The molecular formula is C8H12NO3S3Sn. The summed E-state index contributed by atoms with van der Waals surface area (Å²) in [6.07, 6.45) is 3.94. The van der Waals surface area contributed by atoms with Gasteiger partial charge in [-0.1, -0.05) is 0 Å². The van der Waals surface area contributed by atoms with Crippen LogP contribution in [0.3, 0.4) is 0 Å². The zero-order chi connectivity index (χ0) is 13.7. The van der Waals surface area contributed by atoms with E-state index < -0.39 is 0 Å². The molecule has 4 nitrogen and oxygen atoms in total. The average molecular weight is 385 g/mol. The van der Waals surface area contributed by atoms with E-state index in [0.29, 0.717) is 0 Å². The maximum Gasteiger partial charge on any atom is 0.202 e. The third-order valence-corrected chi connectivity index (χ3v) is 1.89. The summed E-state index contributed by atoms with van der Waals surface area (Å²) in [5.41, 5.74) is 5.28. The SMILES string of the molecule is NCCCC[CH2][Sn].O=C=S.O=C=S.O=C=S. The van der Waals surface area contributed by atoms with Crippen molar-refractivity contribution < 1.29 is 14.4 Å². The quantitative estimate of drug-likeness (QED) is 0.446. The molecule has 0 unspecified atom stereocenters. The topological polar surface area (TPSA) is 77.2 Å². The number of carbonyl (C=O) groups excluding carboxylic acids is 3. The summed E-state index contributed by atoms with van der Waals surface area (Å²) in [6.45, 7) is 0.871. The van der Waals surface area contributed by atoms with Gasteiger partial charge in [-0.05, 0) is 0 Å². The number of hydrogen-bond acceptors (Lipinski definition) is 7. The van der Waals surface area contributed by atoms with Crippen LogP contribution in [-0.2, 0) is 14.4 Å². The van der Waals surface area contributed by atoms with Gasteiger partial charge < -0.3 is 0 Å². The normalized spacial score (nSPS) is 5.62. The Morgan fingerprint density at radius 2 is 1.19 bits per heavy atom. The first-order chi connectivity index (χ1) is 7.66. The van der Waals surface area contributed by atoms with Crippen LogP contribution < -0.4 is 5.73 Å². The number of hydrogen-bond donors (Lipinski definition) is 1. The maximum atomic E-state index is 8.50. The van der Waals surface area contributed by atoms with Crippen LogP contribution in [0, 0.1) is 0 Å². The first kappa shape index (κ1) is 25.1. The van der Waals surface area contributed by atoms with E-state index in [2.05, 4.69) is 36.7 Å². The molecule has 0 saturated heterocycles. The second-order valence-electron chi connectivity index (χ2n) is 1.85. The summed E-state index contributed by atoms with van der Waals surface area (Å²) in [7, 11) is 0. The van der Waals surface area contributed by atoms with Gasteiger partial charge in [-0.25, -0.2) is 14.4 Å². The largest absolute Gasteiger partial charge is 0.220 e. The van der Waals surface area contributed by atoms with E-state index in [0.717, 1.165) is 22.2 Å².